The van der Waals surface area contributed by atoms with Gasteiger partial charge in [0.2, 0.25) is 11.8 Å². The molecular formula is C14H24N4O. The number of anilines is 1. The van der Waals surface area contributed by atoms with Gasteiger partial charge in [-0.3, -0.25) is 0 Å². The van der Waals surface area contributed by atoms with Gasteiger partial charge in [-0.2, -0.15) is 4.98 Å². The van der Waals surface area contributed by atoms with Gasteiger partial charge in [-0.05, 0) is 39.5 Å². The predicted octanol–water partition coefficient (Wildman–Crippen LogP) is 1.83. The van der Waals surface area contributed by atoms with Crippen molar-refractivity contribution < 1.29 is 4.74 Å². The van der Waals surface area contributed by atoms with Gasteiger partial charge >= 0.3 is 0 Å². The van der Waals surface area contributed by atoms with Gasteiger partial charge in [-0.1, -0.05) is 0 Å². The first-order chi connectivity index (χ1) is 9.06. The van der Waals surface area contributed by atoms with Crippen LogP contribution >= 0.6 is 0 Å². The Morgan fingerprint density at radius 2 is 2.21 bits per heavy atom. The quantitative estimate of drug-likeness (QED) is 0.898. The summed E-state index contributed by atoms with van der Waals surface area (Å²) < 4.78 is 5.62. The molecule has 0 saturated carbocycles. The van der Waals surface area contributed by atoms with Crippen LogP contribution in [-0.2, 0) is 0 Å². The number of hydrogen-bond donors (Lipinski definition) is 1. The van der Waals surface area contributed by atoms with E-state index in [0.717, 1.165) is 25.5 Å². The standard InChI is InChI=1S/C14H24N4O/c1-10(2)19-13-6-7-16-14(17-13)18-8-4-5-12(9-18)11(3)15/h6-7,10-12H,4-5,8-9,15H2,1-3H3. The fraction of sp³-hybridized carbons (Fsp3) is 0.714. The molecule has 2 N–H and O–H groups in total. The third-order valence-electron chi connectivity index (χ3n) is 3.46. The fourth-order valence-electron chi connectivity index (χ4n) is 2.41. The van der Waals surface area contributed by atoms with Crippen molar-refractivity contribution in [3.05, 3.63) is 12.3 Å². The van der Waals surface area contributed by atoms with E-state index < -0.39 is 0 Å². The minimum Gasteiger partial charge on any atom is -0.475 e. The molecule has 1 aromatic heterocycles. The maximum atomic E-state index is 6.01. The first kappa shape index (κ1) is 14.1. The first-order valence-electron chi connectivity index (χ1n) is 7.06. The van der Waals surface area contributed by atoms with Gasteiger partial charge in [-0.15, -0.1) is 0 Å². The van der Waals surface area contributed by atoms with Crippen molar-refractivity contribution in [2.75, 3.05) is 18.0 Å². The van der Waals surface area contributed by atoms with Crippen molar-refractivity contribution in [1.82, 2.24) is 9.97 Å². The Balaban J connectivity index is 2.08. The molecule has 2 heterocycles. The van der Waals surface area contributed by atoms with Crippen molar-refractivity contribution in [2.24, 2.45) is 11.7 Å². The molecule has 1 aliphatic rings. The Bertz CT molecular complexity index is 408. The maximum absolute atomic E-state index is 6.01. The summed E-state index contributed by atoms with van der Waals surface area (Å²) in [7, 11) is 0. The number of nitrogens with two attached hydrogens (primary N) is 1. The molecule has 19 heavy (non-hydrogen) atoms. The van der Waals surface area contributed by atoms with Crippen LogP contribution in [0.25, 0.3) is 0 Å². The van der Waals surface area contributed by atoms with Crippen LogP contribution in [-0.4, -0.2) is 35.2 Å². The first-order valence-corrected chi connectivity index (χ1v) is 7.06. The molecule has 0 spiro atoms. The molecule has 0 radical (unpaired) electrons. The Morgan fingerprint density at radius 1 is 1.42 bits per heavy atom. The predicted molar refractivity (Wildman–Crippen MR) is 76.4 cm³/mol. The molecule has 2 atom stereocenters. The smallest absolute Gasteiger partial charge is 0.228 e. The summed E-state index contributed by atoms with van der Waals surface area (Å²) in [6, 6.07) is 2.02. The molecule has 5 heteroatoms. The number of aromatic nitrogens is 2. The van der Waals surface area contributed by atoms with Gasteiger partial charge in [0.05, 0.1) is 6.10 Å². The monoisotopic (exact) mass is 264 g/mol. The molecule has 2 rings (SSSR count). The Morgan fingerprint density at radius 3 is 2.89 bits per heavy atom. The van der Waals surface area contributed by atoms with E-state index in [9.17, 15) is 0 Å². The number of hydrogen-bond acceptors (Lipinski definition) is 5. The normalized spacial score (nSPS) is 21.5. The van der Waals surface area contributed by atoms with Crippen molar-refractivity contribution in [3.63, 3.8) is 0 Å². The second-order valence-corrected chi connectivity index (χ2v) is 5.57. The van der Waals surface area contributed by atoms with Crippen LogP contribution in [0, 0.1) is 5.92 Å². The van der Waals surface area contributed by atoms with Crippen LogP contribution in [0.1, 0.15) is 33.6 Å². The summed E-state index contributed by atoms with van der Waals surface area (Å²) in [4.78, 5) is 11.1. The average Bonchev–Trinajstić information content (AvgIpc) is 2.38. The lowest BCUT2D eigenvalue weighted by atomic mass is 9.92. The van der Waals surface area contributed by atoms with E-state index in [4.69, 9.17) is 10.5 Å². The second-order valence-electron chi connectivity index (χ2n) is 5.57. The number of piperidine rings is 1. The van der Waals surface area contributed by atoms with Crippen molar-refractivity contribution >= 4 is 5.95 Å². The van der Waals surface area contributed by atoms with Crippen LogP contribution < -0.4 is 15.4 Å². The van der Waals surface area contributed by atoms with E-state index in [1.54, 1.807) is 12.3 Å². The Kier molecular flexibility index (Phi) is 4.58. The zero-order valence-corrected chi connectivity index (χ0v) is 12.0. The van der Waals surface area contributed by atoms with Crippen LogP contribution in [0.3, 0.4) is 0 Å². The molecule has 5 nitrogen and oxygen atoms in total. The lowest BCUT2D eigenvalue weighted by molar-refractivity contribution is 0.232. The number of rotatable bonds is 4. The Labute approximate surface area is 115 Å². The van der Waals surface area contributed by atoms with E-state index in [-0.39, 0.29) is 12.1 Å². The zero-order valence-electron chi connectivity index (χ0n) is 12.0. The summed E-state index contributed by atoms with van der Waals surface area (Å²) in [6.07, 6.45) is 4.22. The van der Waals surface area contributed by atoms with E-state index >= 15 is 0 Å². The third kappa shape index (κ3) is 3.80. The maximum Gasteiger partial charge on any atom is 0.228 e. The number of nitrogens with zero attached hydrogens (tertiary/aromatic N) is 3. The summed E-state index contributed by atoms with van der Waals surface area (Å²) in [6.45, 7) is 7.99. The van der Waals surface area contributed by atoms with Gasteiger partial charge in [0, 0.05) is 31.4 Å². The van der Waals surface area contributed by atoms with E-state index in [1.807, 2.05) is 13.8 Å². The van der Waals surface area contributed by atoms with Gasteiger partial charge < -0.3 is 15.4 Å². The molecule has 1 aromatic rings. The molecule has 1 saturated heterocycles. The lowest BCUT2D eigenvalue weighted by Gasteiger charge is -2.34. The third-order valence-corrected chi connectivity index (χ3v) is 3.46. The molecule has 0 aromatic carbocycles. The van der Waals surface area contributed by atoms with Crippen LogP contribution in [0.5, 0.6) is 5.88 Å². The highest BCUT2D eigenvalue weighted by molar-refractivity contribution is 5.32. The number of ether oxygens (including phenoxy) is 1. The van der Waals surface area contributed by atoms with Crippen LogP contribution in [0.4, 0.5) is 5.95 Å². The molecule has 2 unspecified atom stereocenters. The molecular weight excluding hydrogens is 240 g/mol. The largest absolute Gasteiger partial charge is 0.475 e. The zero-order chi connectivity index (χ0) is 13.8. The lowest BCUT2D eigenvalue weighted by Crippen LogP contribution is -2.43. The molecule has 1 fully saturated rings. The molecule has 0 amide bonds. The molecule has 0 bridgehead atoms. The fourth-order valence-corrected chi connectivity index (χ4v) is 2.41. The highest BCUT2D eigenvalue weighted by Crippen LogP contribution is 2.23. The highest BCUT2D eigenvalue weighted by atomic mass is 16.5. The second kappa shape index (κ2) is 6.19. The van der Waals surface area contributed by atoms with Gasteiger partial charge in [0.1, 0.15) is 0 Å². The minimum absolute atomic E-state index is 0.126. The summed E-state index contributed by atoms with van der Waals surface area (Å²) in [5, 5.41) is 0. The summed E-state index contributed by atoms with van der Waals surface area (Å²) in [5.41, 5.74) is 6.01. The minimum atomic E-state index is 0.126. The van der Waals surface area contributed by atoms with Crippen molar-refractivity contribution in [2.45, 2.75) is 45.8 Å². The van der Waals surface area contributed by atoms with Crippen molar-refractivity contribution in [3.8, 4) is 5.88 Å². The molecule has 0 aliphatic carbocycles. The Hall–Kier alpha value is -1.36. The van der Waals surface area contributed by atoms with Gasteiger partial charge in [-0.25, -0.2) is 4.98 Å². The molecule has 1 aliphatic heterocycles. The summed E-state index contributed by atoms with van der Waals surface area (Å²) >= 11 is 0. The van der Waals surface area contributed by atoms with Gasteiger partial charge in [0.25, 0.3) is 0 Å². The van der Waals surface area contributed by atoms with Gasteiger partial charge in [0.15, 0.2) is 0 Å². The SMILES string of the molecule is CC(C)Oc1ccnc(N2CCCC(C(C)N)C2)n1. The van der Waals surface area contributed by atoms with Crippen molar-refractivity contribution in [1.29, 1.82) is 0 Å². The van der Waals surface area contributed by atoms with E-state index in [1.165, 1.54) is 6.42 Å². The summed E-state index contributed by atoms with van der Waals surface area (Å²) in [5.74, 6) is 1.92. The van der Waals surface area contributed by atoms with E-state index in [2.05, 4.69) is 21.8 Å². The highest BCUT2D eigenvalue weighted by Gasteiger charge is 2.24. The average molecular weight is 264 g/mol. The van der Waals surface area contributed by atoms with Crippen LogP contribution in [0.2, 0.25) is 0 Å². The van der Waals surface area contributed by atoms with Crippen LogP contribution in [0.15, 0.2) is 12.3 Å². The van der Waals surface area contributed by atoms with E-state index in [0.29, 0.717) is 11.8 Å². The topological polar surface area (TPSA) is 64.3 Å². The molecule has 106 valence electrons.